The number of aromatic nitrogens is 2. The van der Waals surface area contributed by atoms with Crippen LogP contribution in [0.3, 0.4) is 0 Å². The van der Waals surface area contributed by atoms with Crippen LogP contribution in [0.25, 0.3) is 0 Å². The van der Waals surface area contributed by atoms with E-state index in [1.807, 2.05) is 18.2 Å². The molecule has 3 rings (SSSR count). The van der Waals surface area contributed by atoms with E-state index in [1.54, 1.807) is 11.9 Å². The molecule has 2 aromatic rings. The van der Waals surface area contributed by atoms with Crippen molar-refractivity contribution in [3.8, 4) is 0 Å². The minimum absolute atomic E-state index is 0.0447. The van der Waals surface area contributed by atoms with Crippen molar-refractivity contribution >= 4 is 11.8 Å². The first-order chi connectivity index (χ1) is 11.8. The Labute approximate surface area is 147 Å². The fourth-order valence-electron chi connectivity index (χ4n) is 3.56. The summed E-state index contributed by atoms with van der Waals surface area (Å²) in [5.74, 6) is -0.885. The van der Waals surface area contributed by atoms with E-state index in [0.29, 0.717) is 6.54 Å². The number of carbonyl (C=O) groups is 2. The van der Waals surface area contributed by atoms with Gasteiger partial charge in [-0.15, -0.1) is 0 Å². The zero-order chi connectivity index (χ0) is 18.2. The van der Waals surface area contributed by atoms with Crippen LogP contribution in [0.15, 0.2) is 42.7 Å². The van der Waals surface area contributed by atoms with Crippen LogP contribution < -0.4 is 5.73 Å². The maximum Gasteiger partial charge on any atom is 0.273 e. The Bertz CT molecular complexity index is 802. The number of carbonyl (C=O) groups excluding carboxylic acids is 2. The van der Waals surface area contributed by atoms with E-state index >= 15 is 0 Å². The Balaban J connectivity index is 1.80. The first-order valence-electron chi connectivity index (χ1n) is 8.20. The SMILES string of the molecule is CN(CC1(c2ccccc2)CC1(C)C)C(=O)c1cnc(C(N)=O)cn1. The molecular weight excluding hydrogens is 316 g/mol. The molecule has 0 aliphatic heterocycles. The quantitative estimate of drug-likeness (QED) is 0.903. The smallest absolute Gasteiger partial charge is 0.273 e. The predicted molar refractivity (Wildman–Crippen MR) is 94.0 cm³/mol. The molecule has 1 aromatic carbocycles. The molecule has 1 aliphatic rings. The molecule has 2 amide bonds. The monoisotopic (exact) mass is 338 g/mol. The summed E-state index contributed by atoms with van der Waals surface area (Å²) < 4.78 is 0. The number of hydrogen-bond donors (Lipinski definition) is 1. The van der Waals surface area contributed by atoms with Gasteiger partial charge in [0.15, 0.2) is 0 Å². The Morgan fingerprint density at radius 2 is 1.68 bits per heavy atom. The van der Waals surface area contributed by atoms with Crippen LogP contribution in [-0.4, -0.2) is 40.3 Å². The minimum atomic E-state index is -0.664. The number of nitrogens with zero attached hydrogens (tertiary/aromatic N) is 3. The van der Waals surface area contributed by atoms with E-state index in [1.165, 1.54) is 18.0 Å². The lowest BCUT2D eigenvalue weighted by atomic mass is 9.87. The first kappa shape index (κ1) is 17.1. The van der Waals surface area contributed by atoms with Gasteiger partial charge >= 0.3 is 0 Å². The number of nitrogens with two attached hydrogens (primary N) is 1. The maximum absolute atomic E-state index is 12.7. The number of likely N-dealkylation sites (N-methyl/N-ethyl adjacent to an activating group) is 1. The van der Waals surface area contributed by atoms with E-state index < -0.39 is 5.91 Å². The Morgan fingerprint density at radius 1 is 1.12 bits per heavy atom. The van der Waals surface area contributed by atoms with Gasteiger partial charge in [0.25, 0.3) is 11.8 Å². The van der Waals surface area contributed by atoms with E-state index in [9.17, 15) is 9.59 Å². The van der Waals surface area contributed by atoms with E-state index in [4.69, 9.17) is 5.73 Å². The minimum Gasteiger partial charge on any atom is -0.364 e. The van der Waals surface area contributed by atoms with Gasteiger partial charge in [-0.05, 0) is 17.4 Å². The van der Waals surface area contributed by atoms with Gasteiger partial charge in [-0.25, -0.2) is 9.97 Å². The highest BCUT2D eigenvalue weighted by Crippen LogP contribution is 2.64. The summed E-state index contributed by atoms with van der Waals surface area (Å²) in [4.78, 5) is 33.3. The molecule has 6 nitrogen and oxygen atoms in total. The van der Waals surface area contributed by atoms with Gasteiger partial charge in [-0.1, -0.05) is 44.2 Å². The number of benzene rings is 1. The molecule has 1 saturated carbocycles. The first-order valence-corrected chi connectivity index (χ1v) is 8.20. The van der Waals surface area contributed by atoms with Gasteiger partial charge in [0.2, 0.25) is 0 Å². The predicted octanol–water partition coefficient (Wildman–Crippen LogP) is 2.02. The number of rotatable bonds is 5. The molecule has 130 valence electrons. The van der Waals surface area contributed by atoms with Crippen LogP contribution in [-0.2, 0) is 5.41 Å². The van der Waals surface area contributed by atoms with Crippen molar-refractivity contribution in [1.82, 2.24) is 14.9 Å². The summed E-state index contributed by atoms with van der Waals surface area (Å²) in [5.41, 5.74) is 6.71. The third kappa shape index (κ3) is 2.99. The summed E-state index contributed by atoms with van der Waals surface area (Å²) in [6.07, 6.45) is 3.55. The van der Waals surface area contributed by atoms with Crippen molar-refractivity contribution in [1.29, 1.82) is 0 Å². The van der Waals surface area contributed by atoms with Crippen molar-refractivity contribution < 1.29 is 9.59 Å². The second kappa shape index (κ2) is 5.95. The lowest BCUT2D eigenvalue weighted by molar-refractivity contribution is 0.0768. The molecular formula is C19H22N4O2. The fraction of sp³-hybridized carbons (Fsp3) is 0.368. The number of amides is 2. The van der Waals surface area contributed by atoms with Crippen molar-refractivity contribution in [2.24, 2.45) is 11.1 Å². The Morgan fingerprint density at radius 3 is 2.16 bits per heavy atom. The van der Waals surface area contributed by atoms with Crippen LogP contribution in [0.2, 0.25) is 0 Å². The average Bonchev–Trinajstić information content (AvgIpc) is 3.16. The van der Waals surface area contributed by atoms with E-state index in [2.05, 4.69) is 35.9 Å². The summed E-state index contributed by atoms with van der Waals surface area (Å²) in [5, 5.41) is 0. The molecule has 1 atom stereocenters. The zero-order valence-electron chi connectivity index (χ0n) is 14.7. The maximum atomic E-state index is 12.7. The topological polar surface area (TPSA) is 89.2 Å². The highest BCUT2D eigenvalue weighted by atomic mass is 16.2. The molecule has 25 heavy (non-hydrogen) atoms. The zero-order valence-corrected chi connectivity index (χ0v) is 14.7. The standard InChI is InChI=1S/C19H22N4O2/c1-18(2)11-19(18,13-7-5-4-6-8-13)12-23(3)17(25)15-10-21-14(9-22-15)16(20)24/h4-10H,11-12H2,1-3H3,(H2,20,24). The molecule has 6 heteroatoms. The van der Waals surface area contributed by atoms with Crippen LogP contribution in [0.1, 0.15) is 46.8 Å². The third-order valence-electron chi connectivity index (χ3n) is 5.22. The van der Waals surface area contributed by atoms with Gasteiger partial charge in [-0.2, -0.15) is 0 Å². The van der Waals surface area contributed by atoms with Crippen molar-refractivity contribution in [3.63, 3.8) is 0 Å². The van der Waals surface area contributed by atoms with Gasteiger partial charge in [0.1, 0.15) is 11.4 Å². The van der Waals surface area contributed by atoms with E-state index in [-0.39, 0.29) is 28.1 Å². The van der Waals surface area contributed by atoms with Gasteiger partial charge < -0.3 is 10.6 Å². The van der Waals surface area contributed by atoms with Crippen LogP contribution in [0, 0.1) is 5.41 Å². The van der Waals surface area contributed by atoms with Crippen molar-refractivity contribution in [2.45, 2.75) is 25.7 Å². The Hall–Kier alpha value is -2.76. The molecule has 0 bridgehead atoms. The molecule has 0 spiro atoms. The van der Waals surface area contributed by atoms with Crippen molar-refractivity contribution in [2.75, 3.05) is 13.6 Å². The molecule has 1 heterocycles. The summed E-state index contributed by atoms with van der Waals surface area (Å²) in [6, 6.07) is 10.3. The lowest BCUT2D eigenvalue weighted by Crippen LogP contribution is -2.37. The second-order valence-corrected chi connectivity index (χ2v) is 7.32. The highest BCUT2D eigenvalue weighted by molar-refractivity contribution is 5.93. The molecule has 0 saturated heterocycles. The molecule has 0 radical (unpaired) electrons. The lowest BCUT2D eigenvalue weighted by Gasteiger charge is -2.27. The molecule has 1 aromatic heterocycles. The van der Waals surface area contributed by atoms with Crippen LogP contribution >= 0.6 is 0 Å². The molecule has 1 fully saturated rings. The molecule has 1 unspecified atom stereocenters. The highest BCUT2D eigenvalue weighted by Gasteiger charge is 2.62. The number of primary amides is 1. The summed E-state index contributed by atoms with van der Waals surface area (Å²) in [7, 11) is 1.77. The van der Waals surface area contributed by atoms with Crippen molar-refractivity contribution in [3.05, 3.63) is 59.7 Å². The normalized spacial score (nSPS) is 20.8. The summed E-state index contributed by atoms with van der Waals surface area (Å²) in [6.45, 7) is 5.04. The Kier molecular flexibility index (Phi) is 4.06. The molecule has 2 N–H and O–H groups in total. The van der Waals surface area contributed by atoms with Gasteiger partial charge in [0.05, 0.1) is 12.4 Å². The van der Waals surface area contributed by atoms with E-state index in [0.717, 1.165) is 6.42 Å². The molecule has 1 aliphatic carbocycles. The largest absolute Gasteiger partial charge is 0.364 e. The second-order valence-electron chi connectivity index (χ2n) is 7.32. The van der Waals surface area contributed by atoms with Gasteiger partial charge in [-0.3, -0.25) is 9.59 Å². The van der Waals surface area contributed by atoms with Crippen LogP contribution in [0.5, 0.6) is 0 Å². The van der Waals surface area contributed by atoms with Gasteiger partial charge in [0, 0.05) is 19.0 Å². The third-order valence-corrected chi connectivity index (χ3v) is 5.22. The van der Waals surface area contributed by atoms with Crippen LogP contribution in [0.4, 0.5) is 0 Å². The fourth-order valence-corrected chi connectivity index (χ4v) is 3.56. The average molecular weight is 338 g/mol. The summed E-state index contributed by atoms with van der Waals surface area (Å²) >= 11 is 0. The number of hydrogen-bond acceptors (Lipinski definition) is 4.